The van der Waals surface area contributed by atoms with Gasteiger partial charge in [0.1, 0.15) is 12.0 Å². The molecule has 0 saturated heterocycles. The van der Waals surface area contributed by atoms with Crippen molar-refractivity contribution >= 4 is 39.5 Å². The molecule has 116 valence electrons. The largest absolute Gasteiger partial charge is 0.496 e. The highest BCUT2D eigenvalue weighted by Crippen LogP contribution is 2.33. The molecule has 0 fully saturated rings. The zero-order valence-corrected chi connectivity index (χ0v) is 12.9. The number of thiophene rings is 1. The van der Waals surface area contributed by atoms with Crippen LogP contribution >= 0.6 is 11.3 Å². The maximum atomic E-state index is 12.0. The number of benzene rings is 1. The molecule has 1 aromatic carbocycles. The first-order valence-electron chi connectivity index (χ1n) is 6.84. The van der Waals surface area contributed by atoms with Gasteiger partial charge in [-0.1, -0.05) is 0 Å². The fourth-order valence-electron chi connectivity index (χ4n) is 2.20. The lowest BCUT2D eigenvalue weighted by molar-refractivity contribution is -0.136. The van der Waals surface area contributed by atoms with E-state index in [9.17, 15) is 14.4 Å². The van der Waals surface area contributed by atoms with Crippen LogP contribution in [0.3, 0.4) is 0 Å². The number of carboxylic acid groups (broad SMARTS) is 1. The Morgan fingerprint density at radius 3 is 2.68 bits per heavy atom. The molecule has 0 aliphatic rings. The Hall–Kier alpha value is -2.21. The molecule has 2 aromatic rings. The van der Waals surface area contributed by atoms with E-state index in [0.29, 0.717) is 23.5 Å². The van der Waals surface area contributed by atoms with Gasteiger partial charge >= 0.3 is 5.97 Å². The Morgan fingerprint density at radius 2 is 2.05 bits per heavy atom. The molecular formula is C16H16O5S. The minimum Gasteiger partial charge on any atom is -0.496 e. The van der Waals surface area contributed by atoms with E-state index in [1.54, 1.807) is 13.2 Å². The number of ketones is 1. The van der Waals surface area contributed by atoms with Crippen LogP contribution in [0.4, 0.5) is 0 Å². The summed E-state index contributed by atoms with van der Waals surface area (Å²) in [7, 11) is 1.57. The third kappa shape index (κ3) is 3.71. The minimum atomic E-state index is -0.979. The van der Waals surface area contributed by atoms with Crippen molar-refractivity contribution in [3.05, 3.63) is 28.6 Å². The number of carboxylic acids is 1. The second-order valence-corrected chi connectivity index (χ2v) is 5.92. The third-order valence-electron chi connectivity index (χ3n) is 3.29. The van der Waals surface area contributed by atoms with Gasteiger partial charge in [0.2, 0.25) is 0 Å². The molecule has 1 N–H and O–H groups in total. The van der Waals surface area contributed by atoms with Crippen LogP contribution in [-0.4, -0.2) is 30.3 Å². The smallest absolute Gasteiger partial charge is 0.303 e. The number of carbonyl (C=O) groups is 3. The van der Waals surface area contributed by atoms with E-state index < -0.39 is 5.97 Å². The SMILES string of the molecule is COc1cc2sc(C(=O)CCC(=O)O)cc2cc1CCC=O. The van der Waals surface area contributed by atoms with Crippen LogP contribution in [0, 0.1) is 0 Å². The molecule has 0 aliphatic heterocycles. The van der Waals surface area contributed by atoms with Gasteiger partial charge in [0, 0.05) is 17.5 Å². The van der Waals surface area contributed by atoms with Gasteiger partial charge in [-0.15, -0.1) is 11.3 Å². The monoisotopic (exact) mass is 320 g/mol. The van der Waals surface area contributed by atoms with Gasteiger partial charge in [-0.2, -0.15) is 0 Å². The lowest BCUT2D eigenvalue weighted by atomic mass is 10.1. The number of fused-ring (bicyclic) bond motifs is 1. The zero-order chi connectivity index (χ0) is 16.1. The average Bonchev–Trinajstić information content (AvgIpc) is 2.92. The van der Waals surface area contributed by atoms with Crippen LogP contribution < -0.4 is 4.74 Å². The van der Waals surface area contributed by atoms with Crippen molar-refractivity contribution in [1.29, 1.82) is 0 Å². The summed E-state index contributed by atoms with van der Waals surface area (Å²) >= 11 is 1.33. The van der Waals surface area contributed by atoms with Crippen molar-refractivity contribution in [3.63, 3.8) is 0 Å². The highest BCUT2D eigenvalue weighted by Gasteiger charge is 2.14. The second-order valence-electron chi connectivity index (χ2n) is 4.83. The fraction of sp³-hybridized carbons (Fsp3) is 0.312. The lowest BCUT2D eigenvalue weighted by Crippen LogP contribution is -2.01. The molecule has 0 spiro atoms. The molecule has 0 bridgehead atoms. The molecule has 0 aliphatic carbocycles. The molecule has 1 heterocycles. The Kier molecular flexibility index (Phi) is 5.27. The van der Waals surface area contributed by atoms with Gasteiger partial charge in [0.05, 0.1) is 18.4 Å². The van der Waals surface area contributed by atoms with Crippen molar-refractivity contribution in [2.75, 3.05) is 7.11 Å². The van der Waals surface area contributed by atoms with Crippen LogP contribution in [0.1, 0.15) is 34.5 Å². The summed E-state index contributed by atoms with van der Waals surface area (Å²) in [6.07, 6.45) is 1.69. The zero-order valence-electron chi connectivity index (χ0n) is 12.1. The van der Waals surface area contributed by atoms with Crippen molar-refractivity contribution in [2.45, 2.75) is 25.7 Å². The number of hydrogen-bond acceptors (Lipinski definition) is 5. The summed E-state index contributed by atoms with van der Waals surface area (Å²) in [6.45, 7) is 0. The summed E-state index contributed by atoms with van der Waals surface area (Å²) in [6, 6.07) is 5.55. The standard InChI is InChI=1S/C16H16O5S/c1-21-13-9-14-11(7-10(13)3-2-6-17)8-15(22-14)12(18)4-5-16(19)20/h6-9H,2-5H2,1H3,(H,19,20). The van der Waals surface area contributed by atoms with Gasteiger partial charge < -0.3 is 14.6 Å². The van der Waals surface area contributed by atoms with Crippen LogP contribution in [-0.2, 0) is 16.0 Å². The summed E-state index contributed by atoms with van der Waals surface area (Å²) in [5, 5.41) is 9.55. The number of hydrogen-bond donors (Lipinski definition) is 1. The molecule has 0 radical (unpaired) electrons. The number of aldehydes is 1. The first-order valence-corrected chi connectivity index (χ1v) is 7.66. The van der Waals surface area contributed by atoms with E-state index >= 15 is 0 Å². The quantitative estimate of drug-likeness (QED) is 0.597. The first kappa shape index (κ1) is 16.2. The van der Waals surface area contributed by atoms with E-state index in [4.69, 9.17) is 9.84 Å². The predicted octanol–water partition coefficient (Wildman–Crippen LogP) is 3.09. The van der Waals surface area contributed by atoms with Crippen LogP contribution in [0.15, 0.2) is 18.2 Å². The maximum absolute atomic E-state index is 12.0. The highest BCUT2D eigenvalue weighted by molar-refractivity contribution is 7.20. The number of methoxy groups -OCH3 is 1. The minimum absolute atomic E-state index is 0.00269. The Balaban J connectivity index is 2.31. The number of aryl methyl sites for hydroxylation is 1. The summed E-state index contributed by atoms with van der Waals surface area (Å²) in [4.78, 5) is 33.6. The van der Waals surface area contributed by atoms with E-state index in [1.165, 1.54) is 11.3 Å². The molecule has 0 atom stereocenters. The van der Waals surface area contributed by atoms with Crippen LogP contribution in [0.25, 0.3) is 10.1 Å². The fourth-order valence-corrected chi connectivity index (χ4v) is 3.24. The van der Waals surface area contributed by atoms with Gasteiger partial charge in [-0.05, 0) is 35.6 Å². The number of aliphatic carboxylic acids is 1. The number of ether oxygens (including phenoxy) is 1. The van der Waals surface area contributed by atoms with Crippen molar-refractivity contribution in [3.8, 4) is 5.75 Å². The highest BCUT2D eigenvalue weighted by atomic mass is 32.1. The number of Topliss-reactive ketones (excluding diaryl/α,β-unsaturated/α-hetero) is 1. The maximum Gasteiger partial charge on any atom is 0.303 e. The normalized spacial score (nSPS) is 10.6. The molecule has 1 aromatic heterocycles. The van der Waals surface area contributed by atoms with Crippen molar-refractivity contribution < 1.29 is 24.2 Å². The summed E-state index contributed by atoms with van der Waals surface area (Å²) < 4.78 is 6.24. The van der Waals surface area contributed by atoms with E-state index in [0.717, 1.165) is 21.9 Å². The average molecular weight is 320 g/mol. The molecule has 0 saturated carbocycles. The van der Waals surface area contributed by atoms with Gasteiger partial charge in [0.25, 0.3) is 0 Å². The summed E-state index contributed by atoms with van der Waals surface area (Å²) in [5.41, 5.74) is 0.921. The summed E-state index contributed by atoms with van der Waals surface area (Å²) in [5.74, 6) is -0.454. The Bertz CT molecular complexity index is 717. The van der Waals surface area contributed by atoms with Crippen LogP contribution in [0.2, 0.25) is 0 Å². The van der Waals surface area contributed by atoms with Crippen LogP contribution in [0.5, 0.6) is 5.75 Å². The van der Waals surface area contributed by atoms with E-state index in [-0.39, 0.29) is 18.6 Å². The van der Waals surface area contributed by atoms with E-state index in [1.807, 2.05) is 12.1 Å². The lowest BCUT2D eigenvalue weighted by Gasteiger charge is -2.07. The van der Waals surface area contributed by atoms with Crippen molar-refractivity contribution in [2.24, 2.45) is 0 Å². The molecule has 22 heavy (non-hydrogen) atoms. The van der Waals surface area contributed by atoms with Gasteiger partial charge in [-0.25, -0.2) is 0 Å². The number of rotatable bonds is 8. The Labute approximate surface area is 131 Å². The second kappa shape index (κ2) is 7.17. The predicted molar refractivity (Wildman–Crippen MR) is 84.0 cm³/mol. The Morgan fingerprint density at radius 1 is 1.27 bits per heavy atom. The van der Waals surface area contributed by atoms with Gasteiger partial charge in [0.15, 0.2) is 5.78 Å². The van der Waals surface area contributed by atoms with Crippen molar-refractivity contribution in [1.82, 2.24) is 0 Å². The molecule has 5 nitrogen and oxygen atoms in total. The number of carbonyl (C=O) groups excluding carboxylic acids is 2. The van der Waals surface area contributed by atoms with E-state index in [2.05, 4.69) is 0 Å². The van der Waals surface area contributed by atoms with Gasteiger partial charge in [-0.3, -0.25) is 9.59 Å². The third-order valence-corrected chi connectivity index (χ3v) is 4.43. The molecular weight excluding hydrogens is 304 g/mol. The first-order chi connectivity index (χ1) is 10.5. The molecule has 2 rings (SSSR count). The molecule has 0 amide bonds. The topological polar surface area (TPSA) is 80.7 Å². The molecule has 0 unspecified atom stereocenters. The molecule has 6 heteroatoms.